The van der Waals surface area contributed by atoms with E-state index in [1.807, 2.05) is 0 Å². The van der Waals surface area contributed by atoms with Crippen LogP contribution in [0.2, 0.25) is 0 Å². The molecule has 0 aromatic carbocycles. The van der Waals surface area contributed by atoms with Crippen LogP contribution in [0.25, 0.3) is 0 Å². The van der Waals surface area contributed by atoms with Crippen LogP contribution in [0.5, 0.6) is 0 Å². The maximum Gasteiger partial charge on any atom is 0.261 e. The Kier molecular flexibility index (Phi) is 4.58. The Balaban J connectivity index is 2.66. The molecule has 0 radical (unpaired) electrons. The number of pyridine rings is 1. The summed E-state index contributed by atoms with van der Waals surface area (Å²) in [6.07, 6.45) is 0.157. The van der Waals surface area contributed by atoms with E-state index in [-0.39, 0.29) is 6.04 Å². The van der Waals surface area contributed by atoms with Gasteiger partial charge in [-0.05, 0) is 13.0 Å². The normalized spacial score (nSPS) is 15.3. The molecule has 0 aliphatic heterocycles. The number of alkyl halides is 2. The zero-order chi connectivity index (χ0) is 11.3. The summed E-state index contributed by atoms with van der Waals surface area (Å²) >= 11 is 0. The minimum absolute atomic E-state index is 0.354. The van der Waals surface area contributed by atoms with Crippen LogP contribution in [-0.2, 0) is 4.74 Å². The number of hydrogen-bond acceptors (Lipinski definition) is 3. The van der Waals surface area contributed by atoms with E-state index in [0.29, 0.717) is 5.56 Å². The predicted molar refractivity (Wildman–Crippen MR) is 52.6 cm³/mol. The molecule has 0 bridgehead atoms. The summed E-state index contributed by atoms with van der Waals surface area (Å²) in [5, 5.41) is 0. The molecular weight excluding hydrogens is 202 g/mol. The number of rotatable bonds is 5. The Hall–Kier alpha value is -1.07. The SMILES string of the molecule is CC(N)C(OCC(F)F)c1cccnc1. The molecule has 0 saturated carbocycles. The first-order valence-electron chi connectivity index (χ1n) is 4.66. The average Bonchev–Trinajstić information content (AvgIpc) is 2.18. The highest BCUT2D eigenvalue weighted by molar-refractivity contribution is 5.13. The van der Waals surface area contributed by atoms with Gasteiger partial charge in [-0.15, -0.1) is 0 Å². The molecule has 0 aliphatic rings. The van der Waals surface area contributed by atoms with Crippen molar-refractivity contribution in [1.82, 2.24) is 4.98 Å². The van der Waals surface area contributed by atoms with Crippen LogP contribution in [-0.4, -0.2) is 24.1 Å². The second-order valence-corrected chi connectivity index (χ2v) is 3.29. The van der Waals surface area contributed by atoms with E-state index in [1.54, 1.807) is 31.5 Å². The lowest BCUT2D eigenvalue weighted by Crippen LogP contribution is -2.28. The van der Waals surface area contributed by atoms with Gasteiger partial charge in [0.05, 0.1) is 6.10 Å². The highest BCUT2D eigenvalue weighted by Gasteiger charge is 2.18. The first-order valence-corrected chi connectivity index (χ1v) is 4.66. The van der Waals surface area contributed by atoms with E-state index in [0.717, 1.165) is 0 Å². The summed E-state index contributed by atoms with van der Waals surface area (Å²) < 4.78 is 29.0. The highest BCUT2D eigenvalue weighted by Crippen LogP contribution is 2.19. The van der Waals surface area contributed by atoms with Gasteiger partial charge in [0.15, 0.2) is 0 Å². The van der Waals surface area contributed by atoms with Crippen LogP contribution in [0.1, 0.15) is 18.6 Å². The summed E-state index contributed by atoms with van der Waals surface area (Å²) in [6, 6.07) is 3.12. The van der Waals surface area contributed by atoms with Crippen molar-refractivity contribution in [2.45, 2.75) is 25.5 Å². The lowest BCUT2D eigenvalue weighted by molar-refractivity contribution is -0.0327. The molecule has 0 saturated heterocycles. The van der Waals surface area contributed by atoms with Gasteiger partial charge in [0.2, 0.25) is 0 Å². The van der Waals surface area contributed by atoms with Crippen LogP contribution in [0.15, 0.2) is 24.5 Å². The lowest BCUT2D eigenvalue weighted by atomic mass is 10.1. The maximum atomic E-state index is 12.0. The van der Waals surface area contributed by atoms with Crippen LogP contribution in [0, 0.1) is 0 Å². The Bertz CT molecular complexity index is 280. The standard InChI is InChI=1S/C10H14F2N2O/c1-7(13)10(15-6-9(11)12)8-3-2-4-14-5-8/h2-5,7,9-10H,6,13H2,1H3. The van der Waals surface area contributed by atoms with Gasteiger partial charge in [-0.2, -0.15) is 0 Å². The van der Waals surface area contributed by atoms with Crippen molar-refractivity contribution >= 4 is 0 Å². The summed E-state index contributed by atoms with van der Waals surface area (Å²) in [5.41, 5.74) is 6.37. The molecule has 2 N–H and O–H groups in total. The van der Waals surface area contributed by atoms with Gasteiger partial charge >= 0.3 is 0 Å². The quantitative estimate of drug-likeness (QED) is 0.815. The van der Waals surface area contributed by atoms with Crippen molar-refractivity contribution in [3.63, 3.8) is 0 Å². The van der Waals surface area contributed by atoms with Crippen LogP contribution in [0.4, 0.5) is 8.78 Å². The van der Waals surface area contributed by atoms with Crippen LogP contribution >= 0.6 is 0 Å². The molecule has 15 heavy (non-hydrogen) atoms. The first-order chi connectivity index (χ1) is 7.11. The summed E-state index contributed by atoms with van der Waals surface area (Å²) in [4.78, 5) is 3.89. The van der Waals surface area contributed by atoms with Crippen molar-refractivity contribution in [3.05, 3.63) is 30.1 Å². The van der Waals surface area contributed by atoms with Crippen molar-refractivity contribution in [3.8, 4) is 0 Å². The van der Waals surface area contributed by atoms with Gasteiger partial charge in [-0.3, -0.25) is 4.98 Å². The molecule has 1 rings (SSSR count). The highest BCUT2D eigenvalue weighted by atomic mass is 19.3. The molecule has 1 aromatic rings. The third-order valence-corrected chi connectivity index (χ3v) is 1.89. The van der Waals surface area contributed by atoms with Gasteiger partial charge in [0, 0.05) is 24.0 Å². The Morgan fingerprint density at radius 3 is 2.73 bits per heavy atom. The molecule has 1 heterocycles. The second-order valence-electron chi connectivity index (χ2n) is 3.29. The topological polar surface area (TPSA) is 48.1 Å². The molecule has 0 aliphatic carbocycles. The smallest absolute Gasteiger partial charge is 0.261 e. The molecule has 2 unspecified atom stereocenters. The Labute approximate surface area is 87.3 Å². The van der Waals surface area contributed by atoms with Crippen molar-refractivity contribution in [2.24, 2.45) is 5.73 Å². The van der Waals surface area contributed by atoms with Gasteiger partial charge < -0.3 is 10.5 Å². The number of aromatic nitrogens is 1. The minimum atomic E-state index is -2.48. The van der Waals surface area contributed by atoms with E-state index >= 15 is 0 Å². The largest absolute Gasteiger partial charge is 0.366 e. The third-order valence-electron chi connectivity index (χ3n) is 1.89. The van der Waals surface area contributed by atoms with Crippen molar-refractivity contribution in [1.29, 1.82) is 0 Å². The predicted octanol–water partition coefficient (Wildman–Crippen LogP) is 1.75. The molecule has 84 valence electrons. The fraction of sp³-hybridized carbons (Fsp3) is 0.500. The number of nitrogens with two attached hydrogens (primary N) is 1. The molecule has 2 atom stereocenters. The Morgan fingerprint density at radius 1 is 1.53 bits per heavy atom. The number of halogens is 2. The van der Waals surface area contributed by atoms with E-state index in [1.165, 1.54) is 0 Å². The second kappa shape index (κ2) is 5.72. The molecule has 3 nitrogen and oxygen atoms in total. The molecule has 0 fully saturated rings. The fourth-order valence-electron chi connectivity index (χ4n) is 1.27. The average molecular weight is 216 g/mol. The summed E-state index contributed by atoms with van der Waals surface area (Å²) in [6.45, 7) is 1.10. The summed E-state index contributed by atoms with van der Waals surface area (Å²) in [7, 11) is 0. The van der Waals surface area contributed by atoms with E-state index in [2.05, 4.69) is 4.98 Å². The molecule has 0 spiro atoms. The molecule has 1 aromatic heterocycles. The molecular formula is C10H14F2N2O. The third kappa shape index (κ3) is 3.89. The number of ether oxygens (including phenoxy) is 1. The van der Waals surface area contributed by atoms with Gasteiger partial charge in [-0.1, -0.05) is 6.07 Å². The zero-order valence-corrected chi connectivity index (χ0v) is 8.44. The van der Waals surface area contributed by atoms with Gasteiger partial charge in [0.1, 0.15) is 6.61 Å². The maximum absolute atomic E-state index is 12.0. The van der Waals surface area contributed by atoms with E-state index < -0.39 is 19.1 Å². The van der Waals surface area contributed by atoms with Crippen LogP contribution in [0.3, 0.4) is 0 Å². The van der Waals surface area contributed by atoms with E-state index in [4.69, 9.17) is 10.5 Å². The monoisotopic (exact) mass is 216 g/mol. The summed E-state index contributed by atoms with van der Waals surface area (Å²) in [5.74, 6) is 0. The lowest BCUT2D eigenvalue weighted by Gasteiger charge is -2.21. The van der Waals surface area contributed by atoms with Crippen LogP contribution < -0.4 is 5.73 Å². The minimum Gasteiger partial charge on any atom is -0.366 e. The Morgan fingerprint density at radius 2 is 2.27 bits per heavy atom. The number of nitrogens with zero attached hydrogens (tertiary/aromatic N) is 1. The van der Waals surface area contributed by atoms with Gasteiger partial charge in [0.25, 0.3) is 6.43 Å². The van der Waals surface area contributed by atoms with Crippen molar-refractivity contribution in [2.75, 3.05) is 6.61 Å². The first kappa shape index (κ1) is 12.0. The van der Waals surface area contributed by atoms with Crippen molar-refractivity contribution < 1.29 is 13.5 Å². The number of hydrogen-bond donors (Lipinski definition) is 1. The fourth-order valence-corrected chi connectivity index (χ4v) is 1.27. The molecule has 0 amide bonds. The van der Waals surface area contributed by atoms with E-state index in [9.17, 15) is 8.78 Å². The van der Waals surface area contributed by atoms with Gasteiger partial charge in [-0.25, -0.2) is 8.78 Å². The molecule has 5 heteroatoms. The zero-order valence-electron chi connectivity index (χ0n) is 8.44.